The molecule has 0 aromatic heterocycles. The zero-order valence-corrected chi connectivity index (χ0v) is 7.72. The zero-order valence-electron chi connectivity index (χ0n) is 7.72. The molecule has 4 heteroatoms. The van der Waals surface area contributed by atoms with Crippen LogP contribution in [0.2, 0.25) is 0 Å². The van der Waals surface area contributed by atoms with E-state index in [9.17, 15) is 0 Å². The van der Waals surface area contributed by atoms with Gasteiger partial charge >= 0.3 is 0 Å². The number of rotatable bonds is 1. The zero-order chi connectivity index (χ0) is 9.97. The molecule has 4 nitrogen and oxygen atoms in total. The summed E-state index contributed by atoms with van der Waals surface area (Å²) >= 11 is 0. The monoisotopic (exact) mass is 188 g/mol. The normalized spacial score (nSPS) is 20.0. The molecule has 3 N–H and O–H groups in total. The Morgan fingerprint density at radius 3 is 2.71 bits per heavy atom. The van der Waals surface area contributed by atoms with Gasteiger partial charge in [0.05, 0.1) is 6.54 Å². The molecule has 0 saturated heterocycles. The van der Waals surface area contributed by atoms with Gasteiger partial charge in [0.1, 0.15) is 0 Å². The third-order valence-electron chi connectivity index (χ3n) is 2.26. The van der Waals surface area contributed by atoms with Crippen LogP contribution in [0.5, 0.6) is 0 Å². The number of hydrogen-bond acceptors (Lipinski definition) is 2. The van der Waals surface area contributed by atoms with Gasteiger partial charge in [0.15, 0.2) is 0 Å². The van der Waals surface area contributed by atoms with E-state index in [2.05, 4.69) is 17.2 Å². The number of guanidine groups is 1. The highest BCUT2D eigenvalue weighted by Crippen LogP contribution is 2.19. The highest BCUT2D eigenvalue weighted by Gasteiger charge is 2.20. The molecule has 0 saturated carbocycles. The molecule has 14 heavy (non-hydrogen) atoms. The average Bonchev–Trinajstić information content (AvgIpc) is 2.68. The van der Waals surface area contributed by atoms with E-state index in [1.807, 2.05) is 24.4 Å². The Morgan fingerprint density at radius 1 is 1.43 bits per heavy atom. The Hall–Kier alpha value is -1.84. The highest BCUT2D eigenvalue weighted by atomic mass is 15.5. The van der Waals surface area contributed by atoms with Gasteiger partial charge in [0.2, 0.25) is 5.96 Å². The summed E-state index contributed by atoms with van der Waals surface area (Å²) in [5, 5.41) is 12.8. The Labute approximate surface area is 82.5 Å². The smallest absolute Gasteiger partial charge is 0.209 e. The topological polar surface area (TPSA) is 65.5 Å². The molecule has 1 aromatic carbocycles. The minimum Gasteiger partial charge on any atom is -0.369 e. The lowest BCUT2D eigenvalue weighted by Crippen LogP contribution is -2.31. The van der Waals surface area contributed by atoms with Gasteiger partial charge in [-0.1, -0.05) is 30.3 Å². The van der Waals surface area contributed by atoms with Crippen molar-refractivity contribution in [3.05, 3.63) is 35.9 Å². The fourth-order valence-electron chi connectivity index (χ4n) is 1.49. The van der Waals surface area contributed by atoms with Crippen molar-refractivity contribution in [1.82, 2.24) is 5.01 Å². The fraction of sp³-hybridized carbons (Fsp3) is 0.200. The first-order valence-corrected chi connectivity index (χ1v) is 4.48. The molecular weight excluding hydrogens is 176 g/mol. The molecule has 0 amide bonds. The molecule has 0 bridgehead atoms. The molecule has 0 spiro atoms. The van der Waals surface area contributed by atoms with Crippen molar-refractivity contribution in [2.45, 2.75) is 5.92 Å². The number of nitrogens with two attached hydrogens (primary N) is 1. The van der Waals surface area contributed by atoms with Gasteiger partial charge in [-0.2, -0.15) is 5.10 Å². The van der Waals surface area contributed by atoms with Gasteiger partial charge in [-0.25, -0.2) is 5.01 Å². The summed E-state index contributed by atoms with van der Waals surface area (Å²) in [6.45, 7) is 0.666. The second-order valence-electron chi connectivity index (χ2n) is 3.25. The minimum absolute atomic E-state index is 0.000295. The van der Waals surface area contributed by atoms with Crippen LogP contribution in [0.1, 0.15) is 11.5 Å². The summed E-state index contributed by atoms with van der Waals surface area (Å²) in [7, 11) is 0. The van der Waals surface area contributed by atoms with Gasteiger partial charge in [-0.05, 0) is 5.56 Å². The Balaban J connectivity index is 2.11. The van der Waals surface area contributed by atoms with E-state index in [1.165, 1.54) is 10.6 Å². The van der Waals surface area contributed by atoms with E-state index in [-0.39, 0.29) is 11.9 Å². The summed E-state index contributed by atoms with van der Waals surface area (Å²) in [5.74, 6) is 0.250. The standard InChI is InChI=1S/C10H12N4/c11-10(12)14-7-9(6-13-14)8-4-2-1-3-5-8/h1-6,9H,7H2,(H3,11,12). The molecule has 1 aliphatic heterocycles. The van der Waals surface area contributed by atoms with Crippen LogP contribution in [-0.2, 0) is 0 Å². The number of hydrazone groups is 1. The Kier molecular flexibility index (Phi) is 2.18. The van der Waals surface area contributed by atoms with E-state index >= 15 is 0 Å². The van der Waals surface area contributed by atoms with Crippen LogP contribution in [0.15, 0.2) is 35.4 Å². The molecule has 0 fully saturated rings. The summed E-state index contributed by atoms with van der Waals surface area (Å²) < 4.78 is 0. The number of benzene rings is 1. The number of nitrogens with one attached hydrogen (secondary N) is 1. The molecule has 1 heterocycles. The van der Waals surface area contributed by atoms with Crippen LogP contribution in [0.3, 0.4) is 0 Å². The Bertz CT molecular complexity index is 358. The molecule has 0 radical (unpaired) electrons. The van der Waals surface area contributed by atoms with Crippen molar-refractivity contribution < 1.29 is 0 Å². The quantitative estimate of drug-likeness (QED) is 0.509. The van der Waals surface area contributed by atoms with Crippen molar-refractivity contribution in [2.24, 2.45) is 10.8 Å². The lowest BCUT2D eigenvalue weighted by atomic mass is 10.0. The SMILES string of the molecule is N=C(N)N1CC(c2ccccc2)C=N1. The first kappa shape index (κ1) is 8.74. The third kappa shape index (κ3) is 1.59. The Morgan fingerprint density at radius 2 is 2.14 bits per heavy atom. The van der Waals surface area contributed by atoms with E-state index < -0.39 is 0 Å². The molecule has 0 aliphatic carbocycles. The third-order valence-corrected chi connectivity index (χ3v) is 2.26. The molecule has 2 rings (SSSR count). The lowest BCUT2D eigenvalue weighted by molar-refractivity contribution is 0.466. The molecule has 72 valence electrons. The minimum atomic E-state index is -0.000295. The molecule has 1 atom stereocenters. The van der Waals surface area contributed by atoms with E-state index in [0.29, 0.717) is 6.54 Å². The van der Waals surface area contributed by atoms with Crippen molar-refractivity contribution in [2.75, 3.05) is 6.54 Å². The van der Waals surface area contributed by atoms with E-state index in [4.69, 9.17) is 11.1 Å². The maximum absolute atomic E-state index is 7.23. The second-order valence-corrected chi connectivity index (χ2v) is 3.25. The average molecular weight is 188 g/mol. The molecule has 1 aliphatic rings. The van der Waals surface area contributed by atoms with Crippen LogP contribution in [0.25, 0.3) is 0 Å². The van der Waals surface area contributed by atoms with Gasteiger partial charge in [-0.15, -0.1) is 0 Å². The predicted molar refractivity (Wildman–Crippen MR) is 56.3 cm³/mol. The first-order chi connectivity index (χ1) is 6.77. The highest BCUT2D eigenvalue weighted by molar-refractivity contribution is 5.80. The van der Waals surface area contributed by atoms with Crippen LogP contribution in [0.4, 0.5) is 0 Å². The van der Waals surface area contributed by atoms with Crippen LogP contribution in [0, 0.1) is 5.41 Å². The van der Waals surface area contributed by atoms with Crippen LogP contribution in [-0.4, -0.2) is 23.7 Å². The fourth-order valence-corrected chi connectivity index (χ4v) is 1.49. The maximum Gasteiger partial charge on any atom is 0.209 e. The second kappa shape index (κ2) is 3.49. The van der Waals surface area contributed by atoms with Crippen LogP contribution < -0.4 is 5.73 Å². The summed E-state index contributed by atoms with van der Waals surface area (Å²) in [6, 6.07) is 10.1. The summed E-state index contributed by atoms with van der Waals surface area (Å²) in [6.07, 6.45) is 1.83. The molecular formula is C10H12N4. The number of hydrogen-bond donors (Lipinski definition) is 2. The maximum atomic E-state index is 7.23. The van der Waals surface area contributed by atoms with Crippen molar-refractivity contribution in [3.63, 3.8) is 0 Å². The van der Waals surface area contributed by atoms with Crippen LogP contribution >= 0.6 is 0 Å². The molecule has 1 unspecified atom stereocenters. The lowest BCUT2D eigenvalue weighted by Gasteiger charge is -2.13. The van der Waals surface area contributed by atoms with E-state index in [0.717, 1.165) is 0 Å². The van der Waals surface area contributed by atoms with Gasteiger partial charge in [-0.3, -0.25) is 5.41 Å². The predicted octanol–water partition coefficient (Wildman–Crippen LogP) is 0.965. The largest absolute Gasteiger partial charge is 0.369 e. The van der Waals surface area contributed by atoms with Crippen molar-refractivity contribution in [3.8, 4) is 0 Å². The van der Waals surface area contributed by atoms with Gasteiger partial charge in [0, 0.05) is 12.1 Å². The van der Waals surface area contributed by atoms with Gasteiger partial charge < -0.3 is 5.73 Å². The van der Waals surface area contributed by atoms with Crippen molar-refractivity contribution >= 4 is 12.2 Å². The van der Waals surface area contributed by atoms with Crippen molar-refractivity contribution in [1.29, 1.82) is 5.41 Å². The van der Waals surface area contributed by atoms with Gasteiger partial charge in [0.25, 0.3) is 0 Å². The summed E-state index contributed by atoms with van der Waals surface area (Å²) in [4.78, 5) is 0. The van der Waals surface area contributed by atoms with E-state index in [1.54, 1.807) is 0 Å². The molecule has 1 aromatic rings. The first-order valence-electron chi connectivity index (χ1n) is 4.48. The number of nitrogens with zero attached hydrogens (tertiary/aromatic N) is 2. The summed E-state index contributed by atoms with van der Waals surface area (Å²) in [5.41, 5.74) is 6.54.